The van der Waals surface area contributed by atoms with Crippen LogP contribution in [0.5, 0.6) is 0 Å². The van der Waals surface area contributed by atoms with Crippen molar-refractivity contribution in [2.45, 2.75) is 37.4 Å². The van der Waals surface area contributed by atoms with Gasteiger partial charge in [-0.1, -0.05) is 13.8 Å². The van der Waals surface area contributed by atoms with Gasteiger partial charge in [0.1, 0.15) is 6.04 Å². The molecule has 2 aromatic rings. The maximum absolute atomic E-state index is 13.3. The van der Waals surface area contributed by atoms with Crippen LogP contribution in [0, 0.1) is 5.92 Å². The number of rotatable bonds is 4. The van der Waals surface area contributed by atoms with E-state index in [1.165, 1.54) is 23.1 Å². The van der Waals surface area contributed by atoms with Gasteiger partial charge in [-0.05, 0) is 54.8 Å². The lowest BCUT2D eigenvalue weighted by atomic mass is 9.97. The molecular weight excluding hydrogens is 433 g/mol. The number of carbonyl (C=O) groups excluding carboxylic acids is 2. The number of carbonyl (C=O) groups is 2. The van der Waals surface area contributed by atoms with Crippen LogP contribution in [-0.4, -0.2) is 32.5 Å². The number of sulfone groups is 1. The van der Waals surface area contributed by atoms with E-state index in [0.29, 0.717) is 6.42 Å². The monoisotopic (exact) mass is 454 g/mol. The lowest BCUT2D eigenvalue weighted by Crippen LogP contribution is -2.51. The molecule has 0 aliphatic carbocycles. The highest BCUT2D eigenvalue weighted by molar-refractivity contribution is 7.90. The summed E-state index contributed by atoms with van der Waals surface area (Å²) >= 11 is 0. The molecule has 0 fully saturated rings. The van der Waals surface area contributed by atoms with E-state index < -0.39 is 39.4 Å². The molecule has 1 atom stereocenters. The lowest BCUT2D eigenvalue weighted by molar-refractivity contribution is -0.137. The second kappa shape index (κ2) is 7.99. The Labute approximate surface area is 178 Å². The van der Waals surface area contributed by atoms with Gasteiger partial charge >= 0.3 is 6.18 Å². The third kappa shape index (κ3) is 4.73. The number of fused-ring (bicyclic) bond motifs is 1. The van der Waals surface area contributed by atoms with Gasteiger partial charge in [-0.25, -0.2) is 8.42 Å². The van der Waals surface area contributed by atoms with Crippen molar-refractivity contribution in [2.75, 3.05) is 16.5 Å². The Morgan fingerprint density at radius 3 is 2.26 bits per heavy atom. The summed E-state index contributed by atoms with van der Waals surface area (Å²) in [5, 5.41) is 2.65. The fraction of sp³-hybridized carbons (Fsp3) is 0.333. The maximum Gasteiger partial charge on any atom is 0.416 e. The molecule has 31 heavy (non-hydrogen) atoms. The predicted molar refractivity (Wildman–Crippen MR) is 110 cm³/mol. The Kier molecular flexibility index (Phi) is 5.88. The van der Waals surface area contributed by atoms with E-state index in [0.717, 1.165) is 30.5 Å². The Morgan fingerprint density at radius 2 is 1.74 bits per heavy atom. The molecule has 1 heterocycles. The minimum Gasteiger partial charge on any atom is -0.322 e. The molecule has 166 valence electrons. The molecule has 0 spiro atoms. The lowest BCUT2D eigenvalue weighted by Gasteiger charge is -2.37. The van der Waals surface area contributed by atoms with Crippen LogP contribution in [0.15, 0.2) is 47.4 Å². The van der Waals surface area contributed by atoms with Crippen molar-refractivity contribution in [1.29, 1.82) is 0 Å². The number of benzene rings is 2. The van der Waals surface area contributed by atoms with Crippen LogP contribution in [0.1, 0.15) is 36.2 Å². The molecule has 2 aromatic carbocycles. The number of alkyl halides is 3. The zero-order valence-corrected chi connectivity index (χ0v) is 17.8. The van der Waals surface area contributed by atoms with Gasteiger partial charge in [0.25, 0.3) is 5.91 Å². The van der Waals surface area contributed by atoms with Crippen molar-refractivity contribution >= 4 is 33.0 Å². The Morgan fingerprint density at radius 1 is 1.13 bits per heavy atom. The van der Waals surface area contributed by atoms with Crippen molar-refractivity contribution in [1.82, 2.24) is 0 Å². The molecule has 0 bridgehead atoms. The summed E-state index contributed by atoms with van der Waals surface area (Å²) in [6.07, 6.45) is -3.21. The van der Waals surface area contributed by atoms with Crippen molar-refractivity contribution in [3.8, 4) is 0 Å². The quantitative estimate of drug-likeness (QED) is 0.753. The van der Waals surface area contributed by atoms with Gasteiger partial charge in [-0.3, -0.25) is 14.5 Å². The first-order valence-corrected chi connectivity index (χ1v) is 11.3. The molecular formula is C21H21F3N2O4S. The third-order valence-electron chi connectivity index (χ3n) is 4.90. The molecule has 1 unspecified atom stereocenters. The smallest absolute Gasteiger partial charge is 0.322 e. The molecule has 0 aromatic heterocycles. The topological polar surface area (TPSA) is 83.6 Å². The number of hydrogen-bond donors (Lipinski definition) is 1. The van der Waals surface area contributed by atoms with E-state index >= 15 is 0 Å². The van der Waals surface area contributed by atoms with Crippen molar-refractivity contribution < 1.29 is 31.2 Å². The highest BCUT2D eigenvalue weighted by atomic mass is 32.2. The van der Waals surface area contributed by atoms with Gasteiger partial charge in [0, 0.05) is 11.8 Å². The second-order valence-electron chi connectivity index (χ2n) is 7.84. The zero-order chi connectivity index (χ0) is 23.1. The Balaban J connectivity index is 2.09. The summed E-state index contributed by atoms with van der Waals surface area (Å²) < 4.78 is 62.3. The van der Waals surface area contributed by atoms with Gasteiger partial charge in [0.05, 0.1) is 21.8 Å². The largest absolute Gasteiger partial charge is 0.416 e. The highest BCUT2D eigenvalue weighted by Crippen LogP contribution is 2.37. The average molecular weight is 454 g/mol. The molecule has 1 aliphatic rings. The van der Waals surface area contributed by atoms with Gasteiger partial charge < -0.3 is 5.32 Å². The van der Waals surface area contributed by atoms with Crippen LogP contribution in [0.4, 0.5) is 24.5 Å². The third-order valence-corrected chi connectivity index (χ3v) is 6.01. The number of nitrogens with one attached hydrogen (secondary N) is 1. The first kappa shape index (κ1) is 22.8. The predicted octanol–water partition coefficient (Wildman–Crippen LogP) is 4.12. The van der Waals surface area contributed by atoms with E-state index in [-0.39, 0.29) is 27.8 Å². The van der Waals surface area contributed by atoms with Gasteiger partial charge in [0.15, 0.2) is 9.84 Å². The molecule has 1 N–H and O–H groups in total. The second-order valence-corrected chi connectivity index (χ2v) is 9.85. The minimum atomic E-state index is -4.54. The Bertz CT molecular complexity index is 1130. The van der Waals surface area contributed by atoms with E-state index in [9.17, 15) is 31.2 Å². The van der Waals surface area contributed by atoms with Crippen molar-refractivity contribution in [3.63, 3.8) is 0 Å². The fourth-order valence-electron chi connectivity index (χ4n) is 3.41. The van der Waals surface area contributed by atoms with Crippen LogP contribution in [-0.2, 0) is 20.8 Å². The normalized spacial score (nSPS) is 16.8. The number of anilines is 2. The molecule has 6 nitrogen and oxygen atoms in total. The molecule has 2 amide bonds. The van der Waals surface area contributed by atoms with Gasteiger partial charge in [-0.15, -0.1) is 0 Å². The van der Waals surface area contributed by atoms with E-state index in [2.05, 4.69) is 5.32 Å². The Hall–Kier alpha value is -2.88. The SMILES string of the molecule is CC(C)CC1C(=O)Nc2cc(S(C)(=O)=O)ccc2N1C(=O)c1ccc(C(F)(F)F)cc1. The average Bonchev–Trinajstić information content (AvgIpc) is 2.66. The van der Waals surface area contributed by atoms with E-state index in [1.807, 2.05) is 13.8 Å². The van der Waals surface area contributed by atoms with E-state index in [1.54, 1.807) is 0 Å². The zero-order valence-electron chi connectivity index (χ0n) is 17.0. The summed E-state index contributed by atoms with van der Waals surface area (Å²) in [5.74, 6) is -1.11. The highest BCUT2D eigenvalue weighted by Gasteiger charge is 2.38. The van der Waals surface area contributed by atoms with Crippen molar-refractivity contribution in [2.24, 2.45) is 5.92 Å². The van der Waals surface area contributed by atoms with Crippen LogP contribution >= 0.6 is 0 Å². The molecule has 0 saturated carbocycles. The van der Waals surface area contributed by atoms with Crippen LogP contribution in [0.3, 0.4) is 0 Å². The molecule has 0 radical (unpaired) electrons. The van der Waals surface area contributed by atoms with Gasteiger partial charge in [0.2, 0.25) is 5.91 Å². The molecule has 0 saturated heterocycles. The number of nitrogens with zero attached hydrogens (tertiary/aromatic N) is 1. The number of halogens is 3. The summed E-state index contributed by atoms with van der Waals surface area (Å²) in [4.78, 5) is 27.3. The fourth-order valence-corrected chi connectivity index (χ4v) is 4.06. The minimum absolute atomic E-state index is 0.0189. The molecule has 10 heteroatoms. The number of amides is 2. The maximum atomic E-state index is 13.3. The molecule has 1 aliphatic heterocycles. The number of hydrogen-bond acceptors (Lipinski definition) is 4. The first-order chi connectivity index (χ1) is 14.3. The summed E-state index contributed by atoms with van der Waals surface area (Å²) in [5.41, 5.74) is -0.484. The van der Waals surface area contributed by atoms with E-state index in [4.69, 9.17) is 0 Å². The summed E-state index contributed by atoms with van der Waals surface area (Å²) in [6, 6.07) is 6.85. The van der Waals surface area contributed by atoms with Crippen LogP contribution in [0.25, 0.3) is 0 Å². The van der Waals surface area contributed by atoms with Crippen LogP contribution < -0.4 is 10.2 Å². The van der Waals surface area contributed by atoms with Crippen LogP contribution in [0.2, 0.25) is 0 Å². The molecule has 3 rings (SSSR count). The summed E-state index contributed by atoms with van der Waals surface area (Å²) in [6.45, 7) is 3.74. The first-order valence-electron chi connectivity index (χ1n) is 9.45. The van der Waals surface area contributed by atoms with Gasteiger partial charge in [-0.2, -0.15) is 13.2 Å². The standard InChI is InChI=1S/C21H21F3N2O4S/c1-12(2)10-18-19(27)25-16-11-15(31(3,29)30)8-9-17(16)26(18)20(28)13-4-6-14(7-5-13)21(22,23)24/h4-9,11-12,18H,10H2,1-3H3,(H,25,27). The van der Waals surface area contributed by atoms with Crippen molar-refractivity contribution in [3.05, 3.63) is 53.6 Å². The summed E-state index contributed by atoms with van der Waals surface area (Å²) in [7, 11) is -3.56.